The van der Waals surface area contributed by atoms with Crippen LogP contribution in [0.15, 0.2) is 64.4 Å². The number of halogens is 1. The maximum atomic E-state index is 13.3. The van der Waals surface area contributed by atoms with Gasteiger partial charge >= 0.3 is 0 Å². The van der Waals surface area contributed by atoms with Crippen molar-refractivity contribution in [1.29, 1.82) is 0 Å². The molecule has 146 valence electrons. The van der Waals surface area contributed by atoms with E-state index < -0.39 is 0 Å². The minimum atomic E-state index is -0.366. The normalized spacial score (nSPS) is 10.9. The zero-order valence-electron chi connectivity index (χ0n) is 15.6. The van der Waals surface area contributed by atoms with Crippen molar-refractivity contribution in [1.82, 2.24) is 19.7 Å². The first kappa shape index (κ1) is 18.9. The fourth-order valence-electron chi connectivity index (χ4n) is 2.86. The van der Waals surface area contributed by atoms with E-state index in [1.165, 1.54) is 30.1 Å². The van der Waals surface area contributed by atoms with E-state index in [0.29, 0.717) is 39.5 Å². The van der Waals surface area contributed by atoms with E-state index >= 15 is 0 Å². The van der Waals surface area contributed by atoms with Crippen LogP contribution in [0, 0.1) is 12.7 Å². The molecule has 0 saturated heterocycles. The lowest BCUT2D eigenvalue weighted by molar-refractivity contribution is 0.102. The van der Waals surface area contributed by atoms with Gasteiger partial charge in [-0.05, 0) is 42.7 Å². The average Bonchev–Trinajstić information content (AvgIpc) is 3.35. The molecule has 0 fully saturated rings. The summed E-state index contributed by atoms with van der Waals surface area (Å²) in [6.07, 6.45) is 3.35. The third-order valence-electron chi connectivity index (χ3n) is 4.17. The summed E-state index contributed by atoms with van der Waals surface area (Å²) in [7, 11) is 0. The molecular formula is C20H16FN5O2S. The fourth-order valence-corrected chi connectivity index (χ4v) is 3.41. The third kappa shape index (κ3) is 3.77. The number of carbonyl (C=O) groups excluding carboxylic acids is 1. The highest BCUT2D eigenvalue weighted by Gasteiger charge is 2.20. The Bertz CT molecular complexity index is 1170. The number of aromatic nitrogens is 4. The Labute approximate surface area is 170 Å². The zero-order chi connectivity index (χ0) is 20.4. The van der Waals surface area contributed by atoms with Gasteiger partial charge in [0.25, 0.3) is 5.91 Å². The van der Waals surface area contributed by atoms with E-state index in [4.69, 9.17) is 4.52 Å². The molecule has 2 aromatic heterocycles. The molecule has 0 aliphatic heterocycles. The van der Waals surface area contributed by atoms with Crippen LogP contribution in [-0.4, -0.2) is 31.9 Å². The molecule has 2 heterocycles. The van der Waals surface area contributed by atoms with E-state index in [1.54, 1.807) is 41.8 Å². The maximum Gasteiger partial charge on any atom is 0.274 e. The SMILES string of the molecule is CSc1ncc(C(=O)Nc2ccccc2-c2noc(C)n2)n1-c1ccc(F)cc1. The number of thioether (sulfide) groups is 1. The Morgan fingerprint density at radius 3 is 2.62 bits per heavy atom. The second-order valence-electron chi connectivity index (χ2n) is 6.08. The molecule has 0 saturated carbocycles. The molecule has 4 aromatic rings. The van der Waals surface area contributed by atoms with Crippen molar-refractivity contribution >= 4 is 23.4 Å². The summed E-state index contributed by atoms with van der Waals surface area (Å²) in [4.78, 5) is 21.6. The van der Waals surface area contributed by atoms with Crippen LogP contribution in [0.2, 0.25) is 0 Å². The molecule has 29 heavy (non-hydrogen) atoms. The number of benzene rings is 2. The van der Waals surface area contributed by atoms with E-state index in [-0.39, 0.29) is 11.7 Å². The molecule has 4 rings (SSSR count). The number of hydrogen-bond donors (Lipinski definition) is 1. The van der Waals surface area contributed by atoms with Crippen molar-refractivity contribution in [2.24, 2.45) is 0 Å². The second-order valence-corrected chi connectivity index (χ2v) is 6.85. The Hall–Kier alpha value is -3.46. The summed E-state index contributed by atoms with van der Waals surface area (Å²) in [5.74, 6) is 0.0973. The van der Waals surface area contributed by atoms with E-state index in [9.17, 15) is 9.18 Å². The second kappa shape index (κ2) is 7.88. The molecule has 0 atom stereocenters. The number of aryl methyl sites for hydroxylation is 1. The summed E-state index contributed by atoms with van der Waals surface area (Å²) < 4.78 is 20.1. The van der Waals surface area contributed by atoms with Crippen LogP contribution < -0.4 is 5.32 Å². The number of nitrogens with one attached hydrogen (secondary N) is 1. The Balaban J connectivity index is 1.71. The molecule has 1 N–H and O–H groups in total. The smallest absolute Gasteiger partial charge is 0.274 e. The van der Waals surface area contributed by atoms with Gasteiger partial charge < -0.3 is 9.84 Å². The lowest BCUT2D eigenvalue weighted by Crippen LogP contribution is -2.17. The molecule has 1 amide bonds. The summed E-state index contributed by atoms with van der Waals surface area (Å²) >= 11 is 1.39. The van der Waals surface area contributed by atoms with Gasteiger partial charge in [-0.15, -0.1) is 0 Å². The molecule has 0 bridgehead atoms. The van der Waals surface area contributed by atoms with Crippen LogP contribution in [0.5, 0.6) is 0 Å². The lowest BCUT2D eigenvalue weighted by Gasteiger charge is -2.12. The van der Waals surface area contributed by atoms with Gasteiger partial charge in [-0.3, -0.25) is 9.36 Å². The highest BCUT2D eigenvalue weighted by molar-refractivity contribution is 7.98. The molecule has 0 unspecified atom stereocenters. The van der Waals surface area contributed by atoms with Crippen LogP contribution >= 0.6 is 11.8 Å². The van der Waals surface area contributed by atoms with Crippen molar-refractivity contribution in [3.8, 4) is 17.1 Å². The lowest BCUT2D eigenvalue weighted by atomic mass is 10.1. The first-order chi connectivity index (χ1) is 14.1. The van der Waals surface area contributed by atoms with Crippen molar-refractivity contribution in [2.75, 3.05) is 11.6 Å². The molecule has 0 radical (unpaired) electrons. The highest BCUT2D eigenvalue weighted by atomic mass is 32.2. The molecule has 0 aliphatic rings. The van der Waals surface area contributed by atoms with Crippen LogP contribution in [0.4, 0.5) is 10.1 Å². The van der Waals surface area contributed by atoms with Crippen molar-refractivity contribution < 1.29 is 13.7 Å². The number of hydrogen-bond acceptors (Lipinski definition) is 6. The van der Waals surface area contributed by atoms with Gasteiger partial charge in [-0.1, -0.05) is 29.1 Å². The minimum Gasteiger partial charge on any atom is -0.339 e. The van der Waals surface area contributed by atoms with Crippen LogP contribution in [-0.2, 0) is 0 Å². The van der Waals surface area contributed by atoms with Crippen LogP contribution in [0.25, 0.3) is 17.1 Å². The Kier molecular flexibility index (Phi) is 5.13. The molecule has 9 heteroatoms. The van der Waals surface area contributed by atoms with Gasteiger partial charge in [0.2, 0.25) is 11.7 Å². The highest BCUT2D eigenvalue weighted by Crippen LogP contribution is 2.27. The topological polar surface area (TPSA) is 85.8 Å². The van der Waals surface area contributed by atoms with Gasteiger partial charge in [0.15, 0.2) is 5.16 Å². The van der Waals surface area contributed by atoms with E-state index in [2.05, 4.69) is 20.4 Å². The average molecular weight is 409 g/mol. The van der Waals surface area contributed by atoms with Gasteiger partial charge in [-0.2, -0.15) is 4.98 Å². The number of imidazole rings is 1. The van der Waals surface area contributed by atoms with Crippen LogP contribution in [0.3, 0.4) is 0 Å². The molecule has 7 nitrogen and oxygen atoms in total. The first-order valence-corrected chi connectivity index (χ1v) is 9.88. The Morgan fingerprint density at radius 2 is 1.93 bits per heavy atom. The Morgan fingerprint density at radius 1 is 1.17 bits per heavy atom. The summed E-state index contributed by atoms with van der Waals surface area (Å²) in [5.41, 5.74) is 2.13. The number of nitrogens with zero attached hydrogens (tertiary/aromatic N) is 4. The summed E-state index contributed by atoms with van der Waals surface area (Å²) in [6, 6.07) is 13.1. The van der Waals surface area contributed by atoms with Gasteiger partial charge in [-0.25, -0.2) is 9.37 Å². The third-order valence-corrected chi connectivity index (χ3v) is 4.83. The number of carbonyl (C=O) groups is 1. The standard InChI is InChI=1S/C20H16FN5O2S/c1-12-23-18(25-28-12)15-5-3-4-6-16(15)24-19(27)17-11-22-20(29-2)26(17)14-9-7-13(21)8-10-14/h3-11H,1-2H3,(H,24,27). The first-order valence-electron chi connectivity index (χ1n) is 8.65. The number of rotatable bonds is 5. The van der Waals surface area contributed by atoms with Gasteiger partial charge in [0.1, 0.15) is 11.5 Å². The van der Waals surface area contributed by atoms with E-state index in [0.717, 1.165) is 0 Å². The molecule has 0 spiro atoms. The molecule has 2 aromatic carbocycles. The quantitative estimate of drug-likeness (QED) is 0.494. The fraction of sp³-hybridized carbons (Fsp3) is 0.100. The summed E-state index contributed by atoms with van der Waals surface area (Å²) in [6.45, 7) is 1.70. The predicted molar refractivity (Wildman–Crippen MR) is 108 cm³/mol. The number of anilines is 1. The number of amides is 1. The van der Waals surface area contributed by atoms with Crippen molar-refractivity contribution in [2.45, 2.75) is 12.1 Å². The van der Waals surface area contributed by atoms with Gasteiger partial charge in [0, 0.05) is 18.2 Å². The minimum absolute atomic E-state index is 0.319. The van der Waals surface area contributed by atoms with E-state index in [1.807, 2.05) is 12.3 Å². The maximum absolute atomic E-state index is 13.3. The molecule has 0 aliphatic carbocycles. The largest absolute Gasteiger partial charge is 0.339 e. The summed E-state index contributed by atoms with van der Waals surface area (Å²) in [5, 5.41) is 7.43. The van der Waals surface area contributed by atoms with Crippen LogP contribution in [0.1, 0.15) is 16.4 Å². The number of para-hydroxylation sites is 1. The predicted octanol–water partition coefficient (Wildman–Crippen LogP) is 4.34. The van der Waals surface area contributed by atoms with Gasteiger partial charge in [0.05, 0.1) is 11.9 Å². The van der Waals surface area contributed by atoms with Crippen molar-refractivity contribution in [3.05, 3.63) is 72.1 Å². The zero-order valence-corrected chi connectivity index (χ0v) is 16.4. The monoisotopic (exact) mass is 409 g/mol. The van der Waals surface area contributed by atoms with Crippen molar-refractivity contribution in [3.63, 3.8) is 0 Å². The molecular weight excluding hydrogens is 393 g/mol.